The van der Waals surface area contributed by atoms with Crippen LogP contribution in [0.2, 0.25) is 0 Å². The molecule has 0 saturated carbocycles. The lowest BCUT2D eigenvalue weighted by atomic mass is 10.1. The van der Waals surface area contributed by atoms with Crippen LogP contribution in [0.4, 0.5) is 5.69 Å². The van der Waals surface area contributed by atoms with Gasteiger partial charge in [-0.25, -0.2) is 8.42 Å². The number of aryl methyl sites for hydroxylation is 1. The number of nitrogens with zero attached hydrogens (tertiary/aromatic N) is 1. The Kier molecular flexibility index (Phi) is 5.20. The molecule has 0 radical (unpaired) electrons. The Labute approximate surface area is 148 Å². The highest BCUT2D eigenvalue weighted by Gasteiger charge is 2.27. The van der Waals surface area contributed by atoms with Crippen molar-refractivity contribution in [1.29, 1.82) is 0 Å². The van der Waals surface area contributed by atoms with Crippen LogP contribution in [0, 0.1) is 6.92 Å². The number of hydrogen-bond acceptors (Lipinski definition) is 4. The highest BCUT2D eigenvalue weighted by Crippen LogP contribution is 2.21. The molecule has 0 aromatic heterocycles. The van der Waals surface area contributed by atoms with Gasteiger partial charge in [0, 0.05) is 24.3 Å². The third-order valence-electron chi connectivity index (χ3n) is 4.38. The molecule has 0 amide bonds. The van der Waals surface area contributed by atoms with Crippen LogP contribution in [0.1, 0.15) is 28.8 Å². The third-order valence-corrected chi connectivity index (χ3v) is 6.30. The molecule has 3 rings (SSSR count). The molecule has 2 aromatic rings. The highest BCUT2D eigenvalue weighted by molar-refractivity contribution is 7.89. The van der Waals surface area contributed by atoms with Gasteiger partial charge in [-0.3, -0.25) is 4.79 Å². The molecule has 0 atom stereocenters. The predicted molar refractivity (Wildman–Crippen MR) is 98.4 cm³/mol. The minimum Gasteiger partial charge on any atom is -0.378 e. The molecule has 5 nitrogen and oxygen atoms in total. The molecule has 0 aliphatic carbocycles. The van der Waals surface area contributed by atoms with Gasteiger partial charge in [0.1, 0.15) is 0 Å². The van der Waals surface area contributed by atoms with E-state index in [0.29, 0.717) is 18.7 Å². The number of Topliss-reactive ketones (excluding diaryl/α,β-unsaturated/α-hetero) is 1. The van der Waals surface area contributed by atoms with Crippen LogP contribution in [0.3, 0.4) is 0 Å². The molecule has 1 aliphatic rings. The summed E-state index contributed by atoms with van der Waals surface area (Å²) < 4.78 is 26.5. The first-order valence-corrected chi connectivity index (χ1v) is 9.85. The van der Waals surface area contributed by atoms with Gasteiger partial charge in [0.2, 0.25) is 10.0 Å². The van der Waals surface area contributed by atoms with Crippen LogP contribution in [0.15, 0.2) is 53.4 Å². The first-order chi connectivity index (χ1) is 12.0. The summed E-state index contributed by atoms with van der Waals surface area (Å²) >= 11 is 0. The van der Waals surface area contributed by atoms with Crippen LogP contribution >= 0.6 is 0 Å². The van der Waals surface area contributed by atoms with E-state index in [1.807, 2.05) is 31.2 Å². The lowest BCUT2D eigenvalue weighted by Gasteiger charge is -2.15. The molecule has 0 unspecified atom stereocenters. The van der Waals surface area contributed by atoms with Gasteiger partial charge in [0.25, 0.3) is 0 Å². The maximum atomic E-state index is 12.5. The number of anilines is 1. The summed E-state index contributed by atoms with van der Waals surface area (Å²) in [6.07, 6.45) is 1.81. The average Bonchev–Trinajstić information content (AvgIpc) is 3.16. The Morgan fingerprint density at radius 3 is 2.20 bits per heavy atom. The molecule has 132 valence electrons. The zero-order chi connectivity index (χ0) is 17.9. The zero-order valence-electron chi connectivity index (χ0n) is 14.2. The summed E-state index contributed by atoms with van der Waals surface area (Å²) in [4.78, 5) is 12.5. The second-order valence-electron chi connectivity index (χ2n) is 6.28. The molecule has 1 heterocycles. The largest absolute Gasteiger partial charge is 0.378 e. The van der Waals surface area contributed by atoms with Crippen LogP contribution < -0.4 is 5.32 Å². The van der Waals surface area contributed by atoms with E-state index in [1.54, 1.807) is 12.1 Å². The number of nitrogens with one attached hydrogen (secondary N) is 1. The molecular weight excluding hydrogens is 336 g/mol. The second kappa shape index (κ2) is 7.37. The third kappa shape index (κ3) is 4.08. The van der Waals surface area contributed by atoms with Gasteiger partial charge in [0.05, 0.1) is 11.4 Å². The van der Waals surface area contributed by atoms with Crippen molar-refractivity contribution in [3.8, 4) is 0 Å². The molecule has 2 aromatic carbocycles. The van der Waals surface area contributed by atoms with E-state index in [2.05, 4.69) is 5.32 Å². The number of rotatable bonds is 6. The molecule has 0 bridgehead atoms. The van der Waals surface area contributed by atoms with Crippen molar-refractivity contribution in [2.45, 2.75) is 24.7 Å². The normalized spacial score (nSPS) is 15.2. The Hall–Kier alpha value is -2.18. The molecule has 0 spiro atoms. The minimum absolute atomic E-state index is 0.0781. The van der Waals surface area contributed by atoms with E-state index < -0.39 is 10.0 Å². The van der Waals surface area contributed by atoms with Gasteiger partial charge in [-0.1, -0.05) is 17.7 Å². The molecule has 1 aliphatic heterocycles. The fourth-order valence-electron chi connectivity index (χ4n) is 2.85. The van der Waals surface area contributed by atoms with Crippen molar-refractivity contribution in [2.24, 2.45) is 0 Å². The first kappa shape index (κ1) is 17.6. The van der Waals surface area contributed by atoms with Crippen molar-refractivity contribution < 1.29 is 13.2 Å². The summed E-state index contributed by atoms with van der Waals surface area (Å²) in [6, 6.07) is 14.0. The van der Waals surface area contributed by atoms with E-state index in [1.165, 1.54) is 16.4 Å². The van der Waals surface area contributed by atoms with Gasteiger partial charge in [0.15, 0.2) is 5.78 Å². The second-order valence-corrected chi connectivity index (χ2v) is 8.22. The van der Waals surface area contributed by atoms with Gasteiger partial charge in [-0.05, 0) is 56.2 Å². The summed E-state index contributed by atoms with van der Waals surface area (Å²) in [7, 11) is -3.43. The zero-order valence-corrected chi connectivity index (χ0v) is 15.1. The van der Waals surface area contributed by atoms with Crippen molar-refractivity contribution in [1.82, 2.24) is 4.31 Å². The fraction of sp³-hybridized carbons (Fsp3) is 0.316. The van der Waals surface area contributed by atoms with Gasteiger partial charge in [-0.2, -0.15) is 4.31 Å². The quantitative estimate of drug-likeness (QED) is 0.806. The number of hydrogen-bond donors (Lipinski definition) is 1. The smallest absolute Gasteiger partial charge is 0.243 e. The van der Waals surface area contributed by atoms with Gasteiger partial charge < -0.3 is 5.32 Å². The Bertz CT molecular complexity index is 837. The molecule has 6 heteroatoms. The SMILES string of the molecule is Cc1ccc(NCC(=O)c2ccc(S(=O)(=O)N3CCCC3)cc2)cc1. The summed E-state index contributed by atoms with van der Waals surface area (Å²) in [6.45, 7) is 3.32. The lowest BCUT2D eigenvalue weighted by Crippen LogP contribution is -2.27. The Balaban J connectivity index is 1.65. The van der Waals surface area contributed by atoms with E-state index in [0.717, 1.165) is 24.1 Å². The van der Waals surface area contributed by atoms with Crippen molar-refractivity contribution >= 4 is 21.5 Å². The van der Waals surface area contributed by atoms with Gasteiger partial charge >= 0.3 is 0 Å². The van der Waals surface area contributed by atoms with Crippen LogP contribution in [-0.2, 0) is 10.0 Å². The van der Waals surface area contributed by atoms with Crippen LogP contribution in [0.5, 0.6) is 0 Å². The van der Waals surface area contributed by atoms with Crippen molar-refractivity contribution in [3.63, 3.8) is 0 Å². The Morgan fingerprint density at radius 1 is 1.00 bits per heavy atom. The van der Waals surface area contributed by atoms with Gasteiger partial charge in [-0.15, -0.1) is 0 Å². The predicted octanol–water partition coefficient (Wildman–Crippen LogP) is 3.07. The Morgan fingerprint density at radius 2 is 1.60 bits per heavy atom. The molecule has 25 heavy (non-hydrogen) atoms. The van der Waals surface area contributed by atoms with E-state index in [-0.39, 0.29) is 17.2 Å². The lowest BCUT2D eigenvalue weighted by molar-refractivity contribution is 0.101. The monoisotopic (exact) mass is 358 g/mol. The standard InChI is InChI=1S/C19H22N2O3S/c1-15-4-8-17(9-5-15)20-14-19(22)16-6-10-18(11-7-16)25(23,24)21-12-2-3-13-21/h4-11,20H,2-3,12-14H2,1H3. The molecular formula is C19H22N2O3S. The summed E-state index contributed by atoms with van der Waals surface area (Å²) in [5.74, 6) is -0.0781. The van der Waals surface area contributed by atoms with E-state index in [4.69, 9.17) is 0 Å². The maximum Gasteiger partial charge on any atom is 0.243 e. The number of carbonyl (C=O) groups excluding carboxylic acids is 1. The maximum absolute atomic E-state index is 12.5. The minimum atomic E-state index is -3.43. The average molecular weight is 358 g/mol. The van der Waals surface area contributed by atoms with Crippen LogP contribution in [0.25, 0.3) is 0 Å². The van der Waals surface area contributed by atoms with Crippen molar-refractivity contribution in [3.05, 3.63) is 59.7 Å². The van der Waals surface area contributed by atoms with Crippen LogP contribution in [-0.4, -0.2) is 38.1 Å². The summed E-state index contributed by atoms with van der Waals surface area (Å²) in [5.41, 5.74) is 2.54. The fourth-order valence-corrected chi connectivity index (χ4v) is 4.36. The first-order valence-electron chi connectivity index (χ1n) is 8.41. The molecule has 1 saturated heterocycles. The highest BCUT2D eigenvalue weighted by atomic mass is 32.2. The number of carbonyl (C=O) groups is 1. The van der Waals surface area contributed by atoms with E-state index >= 15 is 0 Å². The molecule has 1 fully saturated rings. The summed E-state index contributed by atoms with van der Waals surface area (Å²) in [5, 5.41) is 3.08. The number of benzene rings is 2. The number of sulfonamides is 1. The number of ketones is 1. The van der Waals surface area contributed by atoms with Crippen molar-refractivity contribution in [2.75, 3.05) is 25.0 Å². The topological polar surface area (TPSA) is 66.5 Å². The molecule has 1 N–H and O–H groups in total. The van der Waals surface area contributed by atoms with E-state index in [9.17, 15) is 13.2 Å².